The molecule has 0 spiro atoms. The minimum Gasteiger partial charge on any atom is -0.488 e. The van der Waals surface area contributed by atoms with Crippen LogP contribution in [0.25, 0.3) is 10.8 Å². The zero-order valence-electron chi connectivity index (χ0n) is 19.5. The zero-order chi connectivity index (χ0) is 24.7. The quantitative estimate of drug-likeness (QED) is 0.430. The number of ether oxygens (including phenoxy) is 1. The number of rotatable bonds is 8. The Hall–Kier alpha value is -3.91. The molecule has 3 aromatic rings. The van der Waals surface area contributed by atoms with Gasteiger partial charge in [-0.1, -0.05) is 31.2 Å². The molecular formula is C27H27N3O5. The molecule has 1 saturated heterocycles. The van der Waals surface area contributed by atoms with Gasteiger partial charge >= 0.3 is 5.97 Å². The van der Waals surface area contributed by atoms with Gasteiger partial charge in [-0.15, -0.1) is 0 Å². The lowest BCUT2D eigenvalue weighted by atomic mass is 9.78. The highest BCUT2D eigenvalue weighted by molar-refractivity contribution is 6.00. The van der Waals surface area contributed by atoms with Crippen LogP contribution in [0.5, 0.6) is 5.75 Å². The minimum absolute atomic E-state index is 0.0238. The van der Waals surface area contributed by atoms with Crippen molar-refractivity contribution in [3.05, 3.63) is 77.8 Å². The van der Waals surface area contributed by atoms with Gasteiger partial charge < -0.3 is 25.2 Å². The summed E-state index contributed by atoms with van der Waals surface area (Å²) in [4.78, 5) is 30.0. The van der Waals surface area contributed by atoms with Crippen LogP contribution in [0.15, 0.2) is 72.2 Å². The third-order valence-corrected chi connectivity index (χ3v) is 7.02. The number of carboxylic acid groups (broad SMARTS) is 1. The van der Waals surface area contributed by atoms with Crippen LogP contribution < -0.4 is 10.1 Å². The first kappa shape index (κ1) is 22.9. The molecule has 3 N–H and O–H groups in total. The maximum absolute atomic E-state index is 12.6. The molecule has 1 aromatic heterocycles. The lowest BCUT2D eigenvalue weighted by molar-refractivity contribution is -0.163. The number of aromatic nitrogens is 1. The van der Waals surface area contributed by atoms with E-state index in [2.05, 4.69) is 10.3 Å². The number of benzene rings is 2. The Morgan fingerprint density at radius 3 is 2.57 bits per heavy atom. The van der Waals surface area contributed by atoms with Crippen LogP contribution in [-0.4, -0.2) is 50.7 Å². The minimum atomic E-state index is -1.16. The smallest absolute Gasteiger partial charge is 0.352 e. The number of β-lactam (4-membered cyclic amide) rings is 1. The van der Waals surface area contributed by atoms with E-state index in [4.69, 9.17) is 4.74 Å². The van der Waals surface area contributed by atoms with Crippen LogP contribution in [-0.2, 0) is 16.1 Å². The molecule has 0 radical (unpaired) electrons. The molecule has 0 unspecified atom stereocenters. The van der Waals surface area contributed by atoms with Gasteiger partial charge in [-0.25, -0.2) is 4.79 Å². The number of nitrogens with zero attached hydrogens (tertiary/aromatic N) is 2. The Morgan fingerprint density at radius 2 is 1.86 bits per heavy atom. The number of pyridine rings is 1. The fraction of sp³-hybridized carbons (Fsp3) is 0.296. The van der Waals surface area contributed by atoms with Crippen LogP contribution in [0.2, 0.25) is 0 Å². The van der Waals surface area contributed by atoms with E-state index in [1.165, 1.54) is 4.90 Å². The number of amides is 1. The van der Waals surface area contributed by atoms with Gasteiger partial charge in [0.15, 0.2) is 0 Å². The average molecular weight is 474 g/mol. The van der Waals surface area contributed by atoms with Crippen molar-refractivity contribution in [3.8, 4) is 5.75 Å². The van der Waals surface area contributed by atoms with E-state index in [9.17, 15) is 19.8 Å². The maximum Gasteiger partial charge on any atom is 0.352 e. The standard InChI is InChI=1S/C27H27N3O5/c1-15-20(25(27(33)34)30-24(15)23(16(2)31)26(30)32)14-35-22-8-4-5-18-19(22)6-3-7-21(18)29-13-17-9-11-28-12-10-17/h3-12,15-16,23-24,29,31H,13-14H2,1-2H3,(H,33,34)/t15-,16+,23+,24+/m0/s1. The number of carbonyl (C=O) groups is 2. The summed E-state index contributed by atoms with van der Waals surface area (Å²) in [6.45, 7) is 4.15. The second-order valence-corrected chi connectivity index (χ2v) is 9.09. The van der Waals surface area contributed by atoms with Crippen LogP contribution in [0, 0.1) is 11.8 Å². The molecule has 0 aliphatic carbocycles. The topological polar surface area (TPSA) is 112 Å². The van der Waals surface area contributed by atoms with Gasteiger partial charge in [-0.3, -0.25) is 9.78 Å². The van der Waals surface area contributed by atoms with Crippen molar-refractivity contribution in [3.63, 3.8) is 0 Å². The number of aliphatic hydroxyl groups excluding tert-OH is 1. The largest absolute Gasteiger partial charge is 0.488 e. The van der Waals surface area contributed by atoms with Crippen molar-refractivity contribution in [2.24, 2.45) is 11.8 Å². The van der Waals surface area contributed by atoms with Crippen LogP contribution >= 0.6 is 0 Å². The average Bonchev–Trinajstić information content (AvgIpc) is 3.09. The van der Waals surface area contributed by atoms with Gasteiger partial charge in [0.2, 0.25) is 5.91 Å². The molecule has 2 aromatic carbocycles. The number of hydrogen-bond donors (Lipinski definition) is 3. The summed E-state index contributed by atoms with van der Waals surface area (Å²) in [6.07, 6.45) is 2.68. The number of aliphatic carboxylic acids is 1. The third-order valence-electron chi connectivity index (χ3n) is 7.02. The number of hydrogen-bond acceptors (Lipinski definition) is 6. The molecular weight excluding hydrogens is 446 g/mol. The molecule has 1 fully saturated rings. The van der Waals surface area contributed by atoms with Crippen molar-refractivity contribution in [2.75, 3.05) is 11.9 Å². The van der Waals surface area contributed by atoms with Gasteiger partial charge in [0.1, 0.15) is 18.1 Å². The molecule has 2 aliphatic heterocycles. The van der Waals surface area contributed by atoms with E-state index in [0.717, 1.165) is 22.0 Å². The summed E-state index contributed by atoms with van der Waals surface area (Å²) in [7, 11) is 0. The monoisotopic (exact) mass is 473 g/mol. The first-order chi connectivity index (χ1) is 16.9. The van der Waals surface area contributed by atoms with Gasteiger partial charge in [-0.2, -0.15) is 0 Å². The molecule has 180 valence electrons. The molecule has 2 aliphatic rings. The van der Waals surface area contributed by atoms with Crippen LogP contribution in [0.1, 0.15) is 19.4 Å². The SMILES string of the molecule is C[C@@H](O)[C@H]1C(=O)N2C(C(=O)O)=C(COc3cccc4c(NCc5ccncc5)cccc34)[C@H](C)[C@H]12. The highest BCUT2D eigenvalue weighted by Crippen LogP contribution is 2.47. The molecule has 0 bridgehead atoms. The van der Waals surface area contributed by atoms with E-state index in [0.29, 0.717) is 17.9 Å². The number of carbonyl (C=O) groups excluding carboxylic acids is 1. The first-order valence-electron chi connectivity index (χ1n) is 11.6. The summed E-state index contributed by atoms with van der Waals surface area (Å²) in [5, 5.41) is 25.2. The van der Waals surface area contributed by atoms with Crippen LogP contribution in [0.4, 0.5) is 5.69 Å². The lowest BCUT2D eigenvalue weighted by Crippen LogP contribution is -2.63. The van der Waals surface area contributed by atoms with Gasteiger partial charge in [0, 0.05) is 46.9 Å². The normalized spacial score (nSPS) is 22.1. The summed E-state index contributed by atoms with van der Waals surface area (Å²) in [5.74, 6) is -1.70. The highest BCUT2D eigenvalue weighted by Gasteiger charge is 2.59. The first-order valence-corrected chi connectivity index (χ1v) is 11.6. The van der Waals surface area contributed by atoms with Crippen molar-refractivity contribution in [1.82, 2.24) is 9.88 Å². The Bertz CT molecular complexity index is 1320. The lowest BCUT2D eigenvalue weighted by Gasteiger charge is -2.46. The summed E-state index contributed by atoms with van der Waals surface area (Å²) in [5.41, 5.74) is 2.61. The highest BCUT2D eigenvalue weighted by atomic mass is 16.5. The predicted octanol–water partition coefficient (Wildman–Crippen LogP) is 3.42. The van der Waals surface area contributed by atoms with E-state index < -0.39 is 18.0 Å². The summed E-state index contributed by atoms with van der Waals surface area (Å²) in [6, 6.07) is 15.2. The molecule has 35 heavy (non-hydrogen) atoms. The summed E-state index contributed by atoms with van der Waals surface area (Å²) >= 11 is 0. The summed E-state index contributed by atoms with van der Waals surface area (Å²) < 4.78 is 6.17. The molecule has 1 amide bonds. The number of anilines is 1. The van der Waals surface area contributed by atoms with E-state index in [1.54, 1.807) is 19.3 Å². The predicted molar refractivity (Wildman–Crippen MR) is 131 cm³/mol. The number of fused-ring (bicyclic) bond motifs is 2. The molecule has 4 atom stereocenters. The van der Waals surface area contributed by atoms with Crippen molar-refractivity contribution in [2.45, 2.75) is 32.5 Å². The third kappa shape index (κ3) is 3.89. The molecule has 8 heteroatoms. The molecule has 8 nitrogen and oxygen atoms in total. The fourth-order valence-corrected chi connectivity index (χ4v) is 5.25. The van der Waals surface area contributed by atoms with Crippen LogP contribution in [0.3, 0.4) is 0 Å². The number of carboxylic acids is 1. The Labute approximate surface area is 202 Å². The Morgan fingerprint density at radius 1 is 1.14 bits per heavy atom. The fourth-order valence-electron chi connectivity index (χ4n) is 5.25. The molecule has 5 rings (SSSR count). The number of aliphatic hydroxyl groups is 1. The van der Waals surface area contributed by atoms with Gasteiger partial charge in [-0.05, 0) is 36.8 Å². The van der Waals surface area contributed by atoms with E-state index in [1.807, 2.05) is 55.5 Å². The Kier molecular flexibility index (Phi) is 5.90. The van der Waals surface area contributed by atoms with Gasteiger partial charge in [0.25, 0.3) is 0 Å². The second-order valence-electron chi connectivity index (χ2n) is 9.09. The maximum atomic E-state index is 12.6. The van der Waals surface area contributed by atoms with Gasteiger partial charge in [0.05, 0.1) is 18.1 Å². The van der Waals surface area contributed by atoms with Crippen molar-refractivity contribution < 1.29 is 24.5 Å². The molecule has 3 heterocycles. The second kappa shape index (κ2) is 9.03. The Balaban J connectivity index is 1.39. The van der Waals surface area contributed by atoms with Crippen molar-refractivity contribution in [1.29, 1.82) is 0 Å². The molecule has 0 saturated carbocycles. The van der Waals surface area contributed by atoms with Crippen molar-refractivity contribution >= 4 is 28.3 Å². The zero-order valence-corrected chi connectivity index (χ0v) is 19.5. The van der Waals surface area contributed by atoms with E-state index in [-0.39, 0.29) is 30.2 Å². The number of nitrogens with one attached hydrogen (secondary N) is 1. The van der Waals surface area contributed by atoms with E-state index >= 15 is 0 Å².